The Balaban J connectivity index is 1.62. The minimum atomic E-state index is -0.669. The summed E-state index contributed by atoms with van der Waals surface area (Å²) in [4.78, 5) is 26.3. The molecule has 1 amide bonds. The van der Waals surface area contributed by atoms with Gasteiger partial charge in [-0.1, -0.05) is 37.3 Å². The lowest BCUT2D eigenvalue weighted by Gasteiger charge is -2.18. The number of carbonyl (C=O) groups is 1. The first-order valence-corrected chi connectivity index (χ1v) is 11.2. The lowest BCUT2D eigenvalue weighted by molar-refractivity contribution is -0.125. The predicted molar refractivity (Wildman–Crippen MR) is 125 cm³/mol. The summed E-state index contributed by atoms with van der Waals surface area (Å²) >= 11 is 1.56. The number of carbonyl (C=O) groups excluding carboxylic acids is 1. The van der Waals surface area contributed by atoms with E-state index in [4.69, 9.17) is 4.74 Å². The van der Waals surface area contributed by atoms with Crippen LogP contribution < -0.4 is 15.6 Å². The van der Waals surface area contributed by atoms with E-state index in [-0.39, 0.29) is 11.5 Å². The Morgan fingerprint density at radius 3 is 2.61 bits per heavy atom. The fourth-order valence-electron chi connectivity index (χ4n) is 3.74. The summed E-state index contributed by atoms with van der Waals surface area (Å²) in [5.74, 6) is 0.579. The molecule has 0 aliphatic rings. The lowest BCUT2D eigenvalue weighted by Crippen LogP contribution is -2.38. The molecule has 0 fully saturated rings. The molecule has 2 heterocycles. The smallest absolute Gasteiger partial charge is 0.276 e. The summed E-state index contributed by atoms with van der Waals surface area (Å²) < 4.78 is 8.73. The number of benzene rings is 2. The quantitative estimate of drug-likeness (QED) is 0.461. The average Bonchev–Trinajstić information content (AvgIpc) is 3.18. The molecule has 0 spiro atoms. The van der Waals surface area contributed by atoms with E-state index in [1.165, 1.54) is 4.68 Å². The van der Waals surface area contributed by atoms with Gasteiger partial charge in [0.05, 0.1) is 22.4 Å². The molecule has 0 aliphatic carbocycles. The van der Waals surface area contributed by atoms with Crippen LogP contribution in [-0.2, 0) is 11.3 Å². The minimum absolute atomic E-state index is 0.218. The van der Waals surface area contributed by atoms with Crippen LogP contribution in [0, 0.1) is 6.92 Å². The monoisotopic (exact) mass is 435 g/mol. The number of fused-ring (bicyclic) bond motifs is 3. The van der Waals surface area contributed by atoms with Gasteiger partial charge < -0.3 is 10.1 Å². The van der Waals surface area contributed by atoms with Gasteiger partial charge in [-0.2, -0.15) is 5.10 Å². The molecule has 1 atom stereocenters. The van der Waals surface area contributed by atoms with Gasteiger partial charge in [-0.05, 0) is 44.0 Å². The van der Waals surface area contributed by atoms with Crippen molar-refractivity contribution in [3.05, 3.63) is 70.1 Å². The molecule has 0 unspecified atom stereocenters. The lowest BCUT2D eigenvalue weighted by atomic mass is 10.1. The van der Waals surface area contributed by atoms with Crippen LogP contribution in [0.25, 0.3) is 20.2 Å². The van der Waals surface area contributed by atoms with E-state index in [2.05, 4.69) is 10.4 Å². The van der Waals surface area contributed by atoms with Gasteiger partial charge in [0, 0.05) is 16.6 Å². The van der Waals surface area contributed by atoms with Gasteiger partial charge in [0.15, 0.2) is 0 Å². The van der Waals surface area contributed by atoms with E-state index in [1.807, 2.05) is 69.3 Å². The number of thiophene rings is 1. The number of ether oxygens (including phenoxy) is 1. The number of hydrogen-bond donors (Lipinski definition) is 1. The maximum absolute atomic E-state index is 13.3. The molecule has 2 aromatic heterocycles. The maximum atomic E-state index is 13.3. The highest BCUT2D eigenvalue weighted by Crippen LogP contribution is 2.33. The van der Waals surface area contributed by atoms with E-state index in [1.54, 1.807) is 11.3 Å². The van der Waals surface area contributed by atoms with Gasteiger partial charge >= 0.3 is 0 Å². The Labute approximate surface area is 184 Å². The van der Waals surface area contributed by atoms with Crippen LogP contribution in [0.3, 0.4) is 0 Å². The summed E-state index contributed by atoms with van der Waals surface area (Å²) in [6.07, 6.45) is 0.467. The van der Waals surface area contributed by atoms with Crippen molar-refractivity contribution in [2.45, 2.75) is 39.8 Å². The van der Waals surface area contributed by atoms with Crippen LogP contribution in [0.4, 0.5) is 0 Å². The Kier molecular flexibility index (Phi) is 6.04. The number of nitrogens with zero attached hydrogens (tertiary/aromatic N) is 2. The molecular formula is C24H25N3O3S. The summed E-state index contributed by atoms with van der Waals surface area (Å²) in [5.41, 5.74) is 1.50. The molecule has 160 valence electrons. The van der Waals surface area contributed by atoms with E-state index in [9.17, 15) is 9.59 Å². The maximum Gasteiger partial charge on any atom is 0.276 e. The minimum Gasteiger partial charge on any atom is -0.494 e. The number of aryl methyl sites for hydroxylation is 1. The first kappa shape index (κ1) is 21.1. The van der Waals surface area contributed by atoms with Crippen LogP contribution in [0.2, 0.25) is 0 Å². The molecule has 1 N–H and O–H groups in total. The SMILES string of the molecule is CCOc1ccc(CNC(=O)[C@H](CC)n2nc(C)c3sc4ccccc4c3c2=O)cc1. The van der Waals surface area contributed by atoms with Crippen molar-refractivity contribution < 1.29 is 9.53 Å². The molecule has 31 heavy (non-hydrogen) atoms. The molecule has 0 saturated carbocycles. The van der Waals surface area contributed by atoms with Crippen molar-refractivity contribution >= 4 is 37.4 Å². The number of amides is 1. The van der Waals surface area contributed by atoms with Gasteiger partial charge in [0.1, 0.15) is 11.8 Å². The third-order valence-corrected chi connectivity index (χ3v) is 6.57. The fraction of sp³-hybridized carbons (Fsp3) is 0.292. The van der Waals surface area contributed by atoms with Gasteiger partial charge in [0.25, 0.3) is 5.56 Å². The van der Waals surface area contributed by atoms with Gasteiger partial charge in [-0.25, -0.2) is 4.68 Å². The van der Waals surface area contributed by atoms with Crippen LogP contribution in [0.5, 0.6) is 5.75 Å². The van der Waals surface area contributed by atoms with Crippen LogP contribution >= 0.6 is 11.3 Å². The summed E-state index contributed by atoms with van der Waals surface area (Å²) in [5, 5.41) is 9.02. The van der Waals surface area contributed by atoms with E-state index >= 15 is 0 Å². The summed E-state index contributed by atoms with van der Waals surface area (Å²) in [6, 6.07) is 14.8. The topological polar surface area (TPSA) is 73.2 Å². The number of hydrogen-bond acceptors (Lipinski definition) is 5. The molecular weight excluding hydrogens is 410 g/mol. The van der Waals surface area contributed by atoms with Crippen molar-refractivity contribution in [2.24, 2.45) is 0 Å². The molecule has 2 aromatic carbocycles. The molecule has 4 aromatic rings. The third kappa shape index (κ3) is 4.05. The Bertz CT molecular complexity index is 1290. The first-order chi connectivity index (χ1) is 15.0. The second-order valence-electron chi connectivity index (χ2n) is 7.36. The summed E-state index contributed by atoms with van der Waals surface area (Å²) in [6.45, 7) is 6.70. The third-order valence-electron chi connectivity index (χ3n) is 5.29. The molecule has 0 radical (unpaired) electrons. The zero-order valence-electron chi connectivity index (χ0n) is 17.8. The van der Waals surface area contributed by atoms with Crippen molar-refractivity contribution in [3.8, 4) is 5.75 Å². The predicted octanol–water partition coefficient (Wildman–Crippen LogP) is 4.59. The van der Waals surface area contributed by atoms with Crippen molar-refractivity contribution in [3.63, 3.8) is 0 Å². The van der Waals surface area contributed by atoms with Crippen LogP contribution in [0.1, 0.15) is 37.6 Å². The second kappa shape index (κ2) is 8.89. The average molecular weight is 436 g/mol. The highest BCUT2D eigenvalue weighted by atomic mass is 32.1. The second-order valence-corrected chi connectivity index (χ2v) is 8.41. The Morgan fingerprint density at radius 2 is 1.90 bits per heavy atom. The van der Waals surface area contributed by atoms with Crippen molar-refractivity contribution in [2.75, 3.05) is 6.61 Å². The number of nitrogens with one attached hydrogen (secondary N) is 1. The normalized spacial score (nSPS) is 12.2. The highest BCUT2D eigenvalue weighted by molar-refractivity contribution is 7.26. The van der Waals surface area contributed by atoms with Crippen LogP contribution in [0.15, 0.2) is 53.3 Å². The van der Waals surface area contributed by atoms with E-state index < -0.39 is 6.04 Å². The number of rotatable bonds is 7. The molecule has 0 aliphatic heterocycles. The van der Waals surface area contributed by atoms with Gasteiger partial charge in [-0.15, -0.1) is 11.3 Å². The fourth-order valence-corrected chi connectivity index (χ4v) is 4.87. The highest BCUT2D eigenvalue weighted by Gasteiger charge is 2.24. The van der Waals surface area contributed by atoms with E-state index in [0.717, 1.165) is 31.8 Å². The van der Waals surface area contributed by atoms with Crippen LogP contribution in [-0.4, -0.2) is 22.3 Å². The molecule has 7 heteroatoms. The molecule has 0 saturated heterocycles. The van der Waals surface area contributed by atoms with Crippen molar-refractivity contribution in [1.82, 2.24) is 15.1 Å². The Hall–Kier alpha value is -3.19. The largest absolute Gasteiger partial charge is 0.494 e. The molecule has 0 bridgehead atoms. The Morgan fingerprint density at radius 1 is 1.16 bits per heavy atom. The first-order valence-electron chi connectivity index (χ1n) is 10.4. The van der Waals surface area contributed by atoms with E-state index in [0.29, 0.717) is 25.0 Å². The standard InChI is InChI=1S/C24H25N3O3S/c1-4-19(23(28)25-14-16-10-12-17(13-11-16)30-5-2)27-24(29)21-18-8-6-7-9-20(18)31-22(21)15(3)26-27/h6-13,19H,4-5,14H2,1-3H3,(H,25,28)/t19-/m0/s1. The van der Waals surface area contributed by atoms with Gasteiger partial charge in [0.2, 0.25) is 5.91 Å². The number of aromatic nitrogens is 2. The molecule has 4 rings (SSSR count). The summed E-state index contributed by atoms with van der Waals surface area (Å²) in [7, 11) is 0. The zero-order chi connectivity index (χ0) is 22.0. The van der Waals surface area contributed by atoms with Crippen molar-refractivity contribution in [1.29, 1.82) is 0 Å². The van der Waals surface area contributed by atoms with Gasteiger partial charge in [-0.3, -0.25) is 9.59 Å². The zero-order valence-corrected chi connectivity index (χ0v) is 18.7. The molecule has 6 nitrogen and oxygen atoms in total.